The van der Waals surface area contributed by atoms with Crippen molar-refractivity contribution < 1.29 is 0 Å². The van der Waals surface area contributed by atoms with Crippen molar-refractivity contribution in [2.75, 3.05) is 9.80 Å². The molecule has 0 fully saturated rings. The summed E-state index contributed by atoms with van der Waals surface area (Å²) in [5.41, 5.74) is 30.4. The van der Waals surface area contributed by atoms with Gasteiger partial charge in [0.2, 0.25) is 0 Å². The van der Waals surface area contributed by atoms with E-state index in [1.165, 1.54) is 145 Å². The highest BCUT2D eigenvalue weighted by atomic mass is 28.3. The summed E-state index contributed by atoms with van der Waals surface area (Å²) >= 11 is 0. The number of hydrogen-bond acceptors (Lipinski definition) is 2. The maximum Gasteiger partial charge on any atom is 0.0775 e. The third kappa shape index (κ3) is 11.2. The molecule has 10 aromatic carbocycles. The molecule has 10 aromatic rings. The van der Waals surface area contributed by atoms with Crippen LogP contribution in [0.3, 0.4) is 0 Å². The fourth-order valence-corrected chi connectivity index (χ4v) is 17.0. The van der Waals surface area contributed by atoms with Crippen LogP contribution in [0.1, 0.15) is 150 Å². The minimum Gasteiger partial charge on any atom is -0.310 e. The molecule has 91 heavy (non-hydrogen) atoms. The molecular weight excluding hydrogens is 1130 g/mol. The highest BCUT2D eigenvalue weighted by molar-refractivity contribution is 6.89. The number of nitrogens with zero attached hydrogens (tertiary/aromatic N) is 2. The second kappa shape index (κ2) is 22.0. The first kappa shape index (κ1) is 61.6. The van der Waals surface area contributed by atoms with E-state index in [-0.39, 0.29) is 27.1 Å². The van der Waals surface area contributed by atoms with Gasteiger partial charge in [-0.2, -0.15) is 0 Å². The summed E-state index contributed by atoms with van der Waals surface area (Å²) in [6, 6.07) is 79.8. The molecule has 0 heterocycles. The molecule has 2 nitrogen and oxygen atoms in total. The molecule has 0 saturated heterocycles. The third-order valence-corrected chi connectivity index (χ3v) is 24.6. The van der Waals surface area contributed by atoms with Crippen molar-refractivity contribution in [2.45, 2.75) is 149 Å². The quantitative estimate of drug-likeness (QED) is 0.0889. The molecule has 0 saturated carbocycles. The lowest BCUT2D eigenvalue weighted by molar-refractivity contribution is 0.590. The van der Waals surface area contributed by atoms with E-state index in [4.69, 9.17) is 0 Å². The number of rotatable bonds is 12. The van der Waals surface area contributed by atoms with Gasteiger partial charge in [0.15, 0.2) is 0 Å². The van der Waals surface area contributed by atoms with Crippen molar-refractivity contribution in [1.82, 2.24) is 0 Å². The molecule has 0 N–H and O–H groups in total. The Morgan fingerprint density at radius 1 is 0.264 bits per heavy atom. The van der Waals surface area contributed by atoms with Gasteiger partial charge in [0.1, 0.15) is 0 Å². The first-order valence-corrected chi connectivity index (χ1v) is 40.1. The Kier molecular flexibility index (Phi) is 14.9. The molecule has 458 valence electrons. The first-order chi connectivity index (χ1) is 42.8. The summed E-state index contributed by atoms with van der Waals surface area (Å²) in [6.45, 7) is 42.7. The van der Waals surface area contributed by atoms with Crippen LogP contribution in [0.2, 0.25) is 39.3 Å². The van der Waals surface area contributed by atoms with Crippen LogP contribution in [0.15, 0.2) is 206 Å². The van der Waals surface area contributed by atoms with Crippen LogP contribution in [0.25, 0.3) is 57.7 Å². The molecule has 0 aliphatic heterocycles. The molecule has 0 bridgehead atoms. The topological polar surface area (TPSA) is 6.48 Å². The maximum atomic E-state index is 2.46. The van der Waals surface area contributed by atoms with E-state index in [0.29, 0.717) is 0 Å². The second-order valence-electron chi connectivity index (χ2n) is 32.1. The molecule has 13 rings (SSSR count). The summed E-state index contributed by atoms with van der Waals surface area (Å²) in [5, 5.41) is 2.94. The molecule has 0 atom stereocenters. The average Bonchev–Trinajstić information content (AvgIpc) is 1.61. The Morgan fingerprint density at radius 2 is 0.473 bits per heavy atom. The number of hydrogen-bond donors (Lipinski definition) is 0. The predicted molar refractivity (Wildman–Crippen MR) is 403 cm³/mol. The van der Waals surface area contributed by atoms with E-state index < -0.39 is 16.1 Å². The highest BCUT2D eigenvalue weighted by Crippen LogP contribution is 2.54. The first-order valence-electron chi connectivity index (χ1n) is 33.1. The lowest BCUT2D eigenvalue weighted by Gasteiger charge is -2.29. The maximum absolute atomic E-state index is 2.46. The van der Waals surface area contributed by atoms with Gasteiger partial charge < -0.3 is 9.80 Å². The monoisotopic (exact) mass is 1220 g/mol. The zero-order valence-corrected chi connectivity index (χ0v) is 59.3. The number of benzene rings is 10. The molecular formula is C87H92N2Si2. The van der Waals surface area contributed by atoms with Gasteiger partial charge >= 0.3 is 0 Å². The third-order valence-electron chi connectivity index (χ3n) is 20.5. The smallest absolute Gasteiger partial charge is 0.0775 e. The molecule has 0 amide bonds. The van der Waals surface area contributed by atoms with Gasteiger partial charge in [0.05, 0.1) is 16.1 Å². The number of fused-ring (bicyclic) bond motifs is 9. The zero-order chi connectivity index (χ0) is 64.5. The van der Waals surface area contributed by atoms with Gasteiger partial charge in [-0.05, 0) is 184 Å². The normalized spacial score (nSPS) is 15.1. The second-order valence-corrected chi connectivity index (χ2v) is 42.2. The van der Waals surface area contributed by atoms with Gasteiger partial charge in [-0.3, -0.25) is 0 Å². The molecule has 0 unspecified atom stereocenters. The predicted octanol–water partition coefficient (Wildman–Crippen LogP) is 23.6. The molecule has 0 spiro atoms. The van der Waals surface area contributed by atoms with Crippen LogP contribution < -0.4 is 20.2 Å². The van der Waals surface area contributed by atoms with Crippen LogP contribution in [0.4, 0.5) is 34.1 Å². The van der Waals surface area contributed by atoms with Crippen LogP contribution in [-0.2, 0) is 27.1 Å². The van der Waals surface area contributed by atoms with Crippen LogP contribution in [0.5, 0.6) is 0 Å². The fourth-order valence-electron chi connectivity index (χ4n) is 14.7. The Hall–Kier alpha value is -8.29. The molecule has 4 heteroatoms. The van der Waals surface area contributed by atoms with Crippen molar-refractivity contribution in [3.63, 3.8) is 0 Å². The largest absolute Gasteiger partial charge is 0.310 e. The van der Waals surface area contributed by atoms with E-state index in [1.54, 1.807) is 0 Å². The SMILES string of the molecule is CC(C)(C)c1ccc(N(c2ccc([Si](C)(C)C)cc2)c2ccc3c(c2)C(C)(C)c2cc(C=Cc4ccc5c(c4)C(C)(C)c4cc(C=Cc6ccc7c(c6)C(C)(C)c6cc(N(c8ccc(C(C)(C)C)cc8)c8ccc([Si](C)(C)C)cc8)ccc6-7)ccc4-5)ccc2-3)cc1. The fraction of sp³-hybridized carbons (Fsp3) is 0.264. The molecule has 0 aromatic heterocycles. The van der Waals surface area contributed by atoms with Gasteiger partial charge in [0.25, 0.3) is 0 Å². The Balaban J connectivity index is 0.727. The molecule has 3 aliphatic rings. The van der Waals surface area contributed by atoms with Gasteiger partial charge in [-0.15, -0.1) is 0 Å². The van der Waals surface area contributed by atoms with Crippen LogP contribution in [-0.4, -0.2) is 16.1 Å². The van der Waals surface area contributed by atoms with E-state index in [0.717, 1.165) is 0 Å². The lowest BCUT2D eigenvalue weighted by atomic mass is 9.81. The zero-order valence-electron chi connectivity index (χ0n) is 57.3. The van der Waals surface area contributed by atoms with E-state index >= 15 is 0 Å². The summed E-state index contributed by atoms with van der Waals surface area (Å²) < 4.78 is 0. The van der Waals surface area contributed by atoms with Gasteiger partial charge in [-0.1, -0.05) is 291 Å². The molecule has 3 aliphatic carbocycles. The Morgan fingerprint density at radius 3 is 0.703 bits per heavy atom. The Labute approximate surface area is 547 Å². The van der Waals surface area contributed by atoms with Crippen LogP contribution >= 0.6 is 0 Å². The van der Waals surface area contributed by atoms with Crippen molar-refractivity contribution >= 4 is 84.9 Å². The standard InChI is InChI=1S/C87H92N2Si2/c1-83(2,3)61-27-31-63(32-28-61)88(65-35-41-69(42-36-65)90(13,14)15)67-39-49-75-73-47-25-59(53-79(73)86(9,10)81(75)55-67)21-19-57-23-45-71-72-46-24-58(52-78(72)85(7,8)77(71)51-57)20-22-60-26-48-74-76-50-40-68(56-82(76)87(11,12)80(74)54-60)89(64-33-29-62(30-34-64)84(4,5)6)66-37-43-70(44-38-66)91(16,17)18/h19-56H,1-18H3. The summed E-state index contributed by atoms with van der Waals surface area (Å²) in [6.07, 6.45) is 9.24. The highest BCUT2D eigenvalue weighted by Gasteiger charge is 2.39. The van der Waals surface area contributed by atoms with Crippen molar-refractivity contribution in [3.8, 4) is 33.4 Å². The Bertz CT molecular complexity index is 4130. The van der Waals surface area contributed by atoms with Crippen molar-refractivity contribution in [2.24, 2.45) is 0 Å². The van der Waals surface area contributed by atoms with Crippen molar-refractivity contribution in [1.29, 1.82) is 0 Å². The van der Waals surface area contributed by atoms with Gasteiger partial charge in [0, 0.05) is 50.4 Å². The molecule has 0 radical (unpaired) electrons. The van der Waals surface area contributed by atoms with Gasteiger partial charge in [-0.25, -0.2) is 0 Å². The average molecular weight is 1220 g/mol. The van der Waals surface area contributed by atoms with Crippen molar-refractivity contribution in [3.05, 3.63) is 273 Å². The van der Waals surface area contributed by atoms with Crippen LogP contribution in [0, 0.1) is 0 Å². The summed E-state index contributed by atoms with van der Waals surface area (Å²) in [4.78, 5) is 4.89. The summed E-state index contributed by atoms with van der Waals surface area (Å²) in [5.74, 6) is 0. The minimum absolute atomic E-state index is 0.0790. The number of anilines is 6. The van der Waals surface area contributed by atoms with E-state index in [9.17, 15) is 0 Å². The summed E-state index contributed by atoms with van der Waals surface area (Å²) in [7, 11) is -2.94. The van der Waals surface area contributed by atoms with E-state index in [2.05, 4.69) is 363 Å². The van der Waals surface area contributed by atoms with E-state index in [1.807, 2.05) is 0 Å². The lowest BCUT2D eigenvalue weighted by Crippen LogP contribution is -2.37. The minimum atomic E-state index is -1.47.